The van der Waals surface area contributed by atoms with Crippen LogP contribution in [0.5, 0.6) is 0 Å². The van der Waals surface area contributed by atoms with Crippen molar-refractivity contribution in [2.45, 2.75) is 33.6 Å². The Balaban J connectivity index is 5.14. The smallest absolute Gasteiger partial charge is 0.236 e. The van der Waals surface area contributed by atoms with Gasteiger partial charge in [-0.25, -0.2) is 0 Å². The predicted molar refractivity (Wildman–Crippen MR) is 77.3 cm³/mol. The lowest BCUT2D eigenvalue weighted by Gasteiger charge is -2.34. The maximum atomic E-state index is 12.6. The van der Waals surface area contributed by atoms with Crippen LogP contribution in [0.15, 0.2) is 5.16 Å². The second-order valence-electron chi connectivity index (χ2n) is 4.98. The zero-order valence-electron chi connectivity index (χ0n) is 12.9. The second-order valence-corrected chi connectivity index (χ2v) is 4.98. The SMILES string of the molecule is CCC(CC)(C(=O)N(C)CC(C)C(=O)NC)C(N)=NO. The number of nitrogens with zero attached hydrogens (tertiary/aromatic N) is 2. The summed E-state index contributed by atoms with van der Waals surface area (Å²) in [5.41, 5.74) is 4.68. The molecule has 4 N–H and O–H groups in total. The molecule has 0 aromatic heterocycles. The number of nitrogens with one attached hydrogen (secondary N) is 1. The molecule has 116 valence electrons. The molecule has 1 unspecified atom stereocenters. The molecule has 7 nitrogen and oxygen atoms in total. The van der Waals surface area contributed by atoms with Gasteiger partial charge in [-0.2, -0.15) is 0 Å². The molecule has 0 spiro atoms. The van der Waals surface area contributed by atoms with E-state index < -0.39 is 5.41 Å². The van der Waals surface area contributed by atoms with Crippen molar-refractivity contribution in [1.82, 2.24) is 10.2 Å². The molecular weight excluding hydrogens is 260 g/mol. The van der Waals surface area contributed by atoms with Crippen molar-refractivity contribution in [3.63, 3.8) is 0 Å². The number of hydrogen-bond acceptors (Lipinski definition) is 4. The van der Waals surface area contributed by atoms with Crippen molar-refractivity contribution < 1.29 is 14.8 Å². The van der Waals surface area contributed by atoms with E-state index in [-0.39, 0.29) is 30.1 Å². The molecule has 0 fully saturated rings. The Kier molecular flexibility index (Phi) is 7.02. The average molecular weight is 286 g/mol. The number of hydrogen-bond donors (Lipinski definition) is 3. The standard InChI is InChI=1S/C13H26N4O3/c1-6-13(7-2,11(14)16-20)12(19)17(5)8-9(3)10(18)15-4/h9,20H,6-8H2,1-5H3,(H2,14,16)(H,15,18). The molecule has 0 saturated carbocycles. The molecule has 0 bridgehead atoms. The first-order valence-electron chi connectivity index (χ1n) is 6.75. The van der Waals surface area contributed by atoms with Crippen LogP contribution >= 0.6 is 0 Å². The normalized spacial score (nSPS) is 13.8. The van der Waals surface area contributed by atoms with Gasteiger partial charge in [0.2, 0.25) is 11.8 Å². The molecule has 2 amide bonds. The summed E-state index contributed by atoms with van der Waals surface area (Å²) in [4.78, 5) is 25.6. The van der Waals surface area contributed by atoms with Crippen LogP contribution in [0, 0.1) is 11.3 Å². The lowest BCUT2D eigenvalue weighted by Crippen LogP contribution is -2.51. The van der Waals surface area contributed by atoms with Crippen LogP contribution in [-0.4, -0.2) is 48.4 Å². The lowest BCUT2D eigenvalue weighted by atomic mass is 9.79. The van der Waals surface area contributed by atoms with E-state index in [4.69, 9.17) is 10.9 Å². The number of oxime groups is 1. The Labute approximate surface area is 120 Å². The maximum Gasteiger partial charge on any atom is 0.236 e. The van der Waals surface area contributed by atoms with Gasteiger partial charge < -0.3 is 21.2 Å². The second kappa shape index (κ2) is 7.72. The highest BCUT2D eigenvalue weighted by Gasteiger charge is 2.42. The van der Waals surface area contributed by atoms with E-state index in [0.717, 1.165) is 0 Å². The van der Waals surface area contributed by atoms with E-state index in [9.17, 15) is 9.59 Å². The van der Waals surface area contributed by atoms with Gasteiger partial charge in [0.1, 0.15) is 5.41 Å². The summed E-state index contributed by atoms with van der Waals surface area (Å²) in [5, 5.41) is 14.4. The van der Waals surface area contributed by atoms with Crippen molar-refractivity contribution in [2.75, 3.05) is 20.6 Å². The third-order valence-electron chi connectivity index (χ3n) is 3.80. The van der Waals surface area contributed by atoms with Gasteiger partial charge in [-0.15, -0.1) is 0 Å². The first kappa shape index (κ1) is 18.2. The van der Waals surface area contributed by atoms with E-state index in [0.29, 0.717) is 12.8 Å². The molecule has 7 heteroatoms. The average Bonchev–Trinajstić information content (AvgIpc) is 2.47. The highest BCUT2D eigenvalue weighted by atomic mass is 16.4. The van der Waals surface area contributed by atoms with Gasteiger partial charge in [-0.05, 0) is 12.8 Å². The van der Waals surface area contributed by atoms with Crippen LogP contribution in [0.4, 0.5) is 0 Å². The molecule has 20 heavy (non-hydrogen) atoms. The zero-order chi connectivity index (χ0) is 15.9. The minimum atomic E-state index is -1.02. The fraction of sp³-hybridized carbons (Fsp3) is 0.769. The van der Waals surface area contributed by atoms with Crippen molar-refractivity contribution >= 4 is 17.6 Å². The summed E-state index contributed by atoms with van der Waals surface area (Å²) in [5.74, 6) is -0.791. The van der Waals surface area contributed by atoms with Crippen molar-refractivity contribution in [2.24, 2.45) is 22.2 Å². The Morgan fingerprint density at radius 2 is 1.90 bits per heavy atom. The molecule has 0 aromatic carbocycles. The molecule has 0 heterocycles. The quantitative estimate of drug-likeness (QED) is 0.272. The molecule has 0 radical (unpaired) electrons. The molecule has 0 saturated heterocycles. The monoisotopic (exact) mass is 286 g/mol. The van der Waals surface area contributed by atoms with Gasteiger partial charge in [0, 0.05) is 20.6 Å². The molecular formula is C13H26N4O3. The van der Waals surface area contributed by atoms with E-state index in [1.807, 2.05) is 13.8 Å². The van der Waals surface area contributed by atoms with Gasteiger partial charge in [-0.1, -0.05) is 25.9 Å². The topological polar surface area (TPSA) is 108 Å². The largest absolute Gasteiger partial charge is 0.409 e. The molecule has 0 rings (SSSR count). The first-order valence-corrected chi connectivity index (χ1v) is 6.75. The van der Waals surface area contributed by atoms with Crippen LogP contribution in [0.2, 0.25) is 0 Å². The minimum Gasteiger partial charge on any atom is -0.409 e. The highest BCUT2D eigenvalue weighted by Crippen LogP contribution is 2.29. The summed E-state index contributed by atoms with van der Waals surface area (Å²) in [6.45, 7) is 5.65. The zero-order valence-corrected chi connectivity index (χ0v) is 12.9. The van der Waals surface area contributed by atoms with Crippen LogP contribution in [0.1, 0.15) is 33.6 Å². The fourth-order valence-corrected chi connectivity index (χ4v) is 2.31. The third-order valence-corrected chi connectivity index (χ3v) is 3.80. The van der Waals surface area contributed by atoms with E-state index >= 15 is 0 Å². The highest BCUT2D eigenvalue weighted by molar-refractivity contribution is 6.06. The summed E-state index contributed by atoms with van der Waals surface area (Å²) in [7, 11) is 3.17. The van der Waals surface area contributed by atoms with Crippen molar-refractivity contribution in [3.8, 4) is 0 Å². The van der Waals surface area contributed by atoms with E-state index in [1.54, 1.807) is 21.0 Å². The lowest BCUT2D eigenvalue weighted by molar-refractivity contribution is -0.138. The van der Waals surface area contributed by atoms with Crippen molar-refractivity contribution in [1.29, 1.82) is 0 Å². The Hall–Kier alpha value is -1.79. The molecule has 0 aliphatic carbocycles. The van der Waals surface area contributed by atoms with E-state index in [1.165, 1.54) is 4.90 Å². The Bertz CT molecular complexity index is 378. The summed E-state index contributed by atoms with van der Waals surface area (Å²) < 4.78 is 0. The van der Waals surface area contributed by atoms with Crippen LogP contribution in [0.3, 0.4) is 0 Å². The van der Waals surface area contributed by atoms with Gasteiger partial charge in [-0.3, -0.25) is 9.59 Å². The fourth-order valence-electron chi connectivity index (χ4n) is 2.31. The molecule has 1 atom stereocenters. The number of amidine groups is 1. The molecule has 0 aliphatic rings. The minimum absolute atomic E-state index is 0.0908. The van der Waals surface area contributed by atoms with Crippen molar-refractivity contribution in [3.05, 3.63) is 0 Å². The number of carbonyl (C=O) groups is 2. The van der Waals surface area contributed by atoms with Crippen LogP contribution in [-0.2, 0) is 9.59 Å². The van der Waals surface area contributed by atoms with Gasteiger partial charge >= 0.3 is 0 Å². The number of nitrogens with two attached hydrogens (primary N) is 1. The van der Waals surface area contributed by atoms with Crippen LogP contribution < -0.4 is 11.1 Å². The van der Waals surface area contributed by atoms with Gasteiger partial charge in [0.25, 0.3) is 0 Å². The van der Waals surface area contributed by atoms with Gasteiger partial charge in [0.15, 0.2) is 5.84 Å². The number of rotatable bonds is 7. The first-order chi connectivity index (χ1) is 9.30. The molecule has 0 aromatic rings. The maximum absolute atomic E-state index is 12.6. The summed E-state index contributed by atoms with van der Waals surface area (Å²) in [6.07, 6.45) is 0.855. The third kappa shape index (κ3) is 3.61. The predicted octanol–water partition coefficient (Wildman–Crippen LogP) is 0.380. The van der Waals surface area contributed by atoms with E-state index in [2.05, 4.69) is 10.5 Å². The van der Waals surface area contributed by atoms with Crippen LogP contribution in [0.25, 0.3) is 0 Å². The Morgan fingerprint density at radius 3 is 2.25 bits per heavy atom. The summed E-state index contributed by atoms with van der Waals surface area (Å²) >= 11 is 0. The summed E-state index contributed by atoms with van der Waals surface area (Å²) in [6, 6.07) is 0. The Morgan fingerprint density at radius 1 is 1.40 bits per heavy atom. The molecule has 0 aliphatic heterocycles. The number of carbonyl (C=O) groups excluding carboxylic acids is 2. The number of amides is 2. The van der Waals surface area contributed by atoms with Gasteiger partial charge in [0.05, 0.1) is 5.92 Å².